The van der Waals surface area contributed by atoms with Gasteiger partial charge in [0.25, 0.3) is 0 Å². The van der Waals surface area contributed by atoms with Gasteiger partial charge in [0.2, 0.25) is 0 Å². The summed E-state index contributed by atoms with van der Waals surface area (Å²) in [6.45, 7) is 0.688. The average Bonchev–Trinajstić information content (AvgIpc) is 2.42. The molecule has 2 rings (SSSR count). The predicted octanol–water partition coefficient (Wildman–Crippen LogP) is 2.66. The Morgan fingerprint density at radius 3 is 2.94 bits per heavy atom. The highest BCUT2D eigenvalue weighted by Gasteiger charge is 2.06. The van der Waals surface area contributed by atoms with Crippen molar-refractivity contribution < 1.29 is 0 Å². The molecule has 0 aliphatic carbocycles. The van der Waals surface area contributed by atoms with E-state index in [2.05, 4.69) is 15.3 Å². The Morgan fingerprint density at radius 2 is 2.22 bits per heavy atom. The third-order valence-electron chi connectivity index (χ3n) is 2.44. The van der Waals surface area contributed by atoms with Crippen molar-refractivity contribution in [1.82, 2.24) is 9.97 Å². The van der Waals surface area contributed by atoms with Crippen LogP contribution in [-0.4, -0.2) is 16.5 Å². The van der Waals surface area contributed by atoms with Gasteiger partial charge in [0.05, 0.1) is 5.56 Å². The summed E-state index contributed by atoms with van der Waals surface area (Å²) in [6.07, 6.45) is 5.95. The lowest BCUT2D eigenvalue weighted by molar-refractivity contribution is 0.993. The lowest BCUT2D eigenvalue weighted by atomic mass is 10.2. The molecule has 0 atom stereocenters. The van der Waals surface area contributed by atoms with E-state index in [1.54, 1.807) is 18.5 Å². The molecule has 0 aliphatic rings. The minimum absolute atomic E-state index is 0.367. The molecule has 1 N–H and O–H groups in total. The fourth-order valence-corrected chi connectivity index (χ4v) is 1.75. The van der Waals surface area contributed by atoms with Gasteiger partial charge in [0.1, 0.15) is 16.9 Å². The van der Waals surface area contributed by atoms with Gasteiger partial charge in [0.15, 0.2) is 0 Å². The summed E-state index contributed by atoms with van der Waals surface area (Å²) < 4.78 is 0. The Morgan fingerprint density at radius 1 is 1.33 bits per heavy atom. The topological polar surface area (TPSA) is 61.6 Å². The third-order valence-corrected chi connectivity index (χ3v) is 2.82. The molecular weight excluding hydrogens is 248 g/mol. The van der Waals surface area contributed by atoms with E-state index in [9.17, 15) is 0 Å². The number of pyridine rings is 2. The van der Waals surface area contributed by atoms with Gasteiger partial charge in [-0.15, -0.1) is 0 Å². The van der Waals surface area contributed by atoms with E-state index in [0.717, 1.165) is 12.0 Å². The molecule has 0 saturated carbocycles. The van der Waals surface area contributed by atoms with Crippen molar-refractivity contribution in [3.63, 3.8) is 0 Å². The van der Waals surface area contributed by atoms with E-state index in [1.165, 1.54) is 0 Å². The van der Waals surface area contributed by atoms with E-state index in [-0.39, 0.29) is 0 Å². The van der Waals surface area contributed by atoms with Crippen LogP contribution in [0.4, 0.5) is 5.82 Å². The lowest BCUT2D eigenvalue weighted by Crippen LogP contribution is -2.07. The summed E-state index contributed by atoms with van der Waals surface area (Å²) >= 11 is 6.03. The Bertz CT molecular complexity index is 563. The molecule has 0 radical (unpaired) electrons. The SMILES string of the molecule is N#Cc1ccnc(NCCc2cccnc2)c1Cl. The van der Waals surface area contributed by atoms with Gasteiger partial charge in [-0.1, -0.05) is 17.7 Å². The summed E-state index contributed by atoms with van der Waals surface area (Å²) in [5.41, 5.74) is 1.56. The van der Waals surface area contributed by atoms with Gasteiger partial charge in [0, 0.05) is 25.1 Å². The molecule has 0 fully saturated rings. The summed E-state index contributed by atoms with van der Waals surface area (Å²) in [5.74, 6) is 0.541. The van der Waals surface area contributed by atoms with Crippen molar-refractivity contribution in [3.05, 3.63) is 52.9 Å². The summed E-state index contributed by atoms with van der Waals surface area (Å²) in [7, 11) is 0. The lowest BCUT2D eigenvalue weighted by Gasteiger charge is -2.07. The van der Waals surface area contributed by atoms with Crippen molar-refractivity contribution >= 4 is 17.4 Å². The Labute approximate surface area is 110 Å². The maximum absolute atomic E-state index is 8.85. The molecule has 90 valence electrons. The van der Waals surface area contributed by atoms with Gasteiger partial charge in [-0.05, 0) is 24.1 Å². The molecule has 0 aliphatic heterocycles. The van der Waals surface area contributed by atoms with Crippen molar-refractivity contribution in [2.75, 3.05) is 11.9 Å². The molecule has 5 heteroatoms. The second kappa shape index (κ2) is 5.99. The van der Waals surface area contributed by atoms with E-state index < -0.39 is 0 Å². The molecule has 0 saturated heterocycles. The Hall–Kier alpha value is -2.12. The first kappa shape index (κ1) is 12.3. The van der Waals surface area contributed by atoms with Gasteiger partial charge in [-0.25, -0.2) is 4.98 Å². The highest BCUT2D eigenvalue weighted by atomic mass is 35.5. The van der Waals surface area contributed by atoms with Crippen molar-refractivity contribution in [1.29, 1.82) is 5.26 Å². The van der Waals surface area contributed by atoms with Crippen LogP contribution in [-0.2, 0) is 6.42 Å². The zero-order valence-corrected chi connectivity index (χ0v) is 10.4. The monoisotopic (exact) mass is 258 g/mol. The molecule has 0 amide bonds. The molecule has 0 unspecified atom stereocenters. The smallest absolute Gasteiger partial charge is 0.146 e. The number of rotatable bonds is 4. The van der Waals surface area contributed by atoms with Crippen molar-refractivity contribution in [3.8, 4) is 6.07 Å². The van der Waals surface area contributed by atoms with E-state index in [1.807, 2.05) is 24.4 Å². The molecule has 4 nitrogen and oxygen atoms in total. The molecule has 18 heavy (non-hydrogen) atoms. The van der Waals surface area contributed by atoms with Crippen LogP contribution in [0.2, 0.25) is 5.02 Å². The summed E-state index contributed by atoms with van der Waals surface area (Å²) in [6, 6.07) is 7.52. The number of anilines is 1. The first-order valence-electron chi connectivity index (χ1n) is 5.48. The zero-order chi connectivity index (χ0) is 12.8. The summed E-state index contributed by atoms with van der Waals surface area (Å²) in [5, 5.41) is 12.3. The molecule has 0 spiro atoms. The highest BCUT2D eigenvalue weighted by Crippen LogP contribution is 2.22. The maximum atomic E-state index is 8.85. The van der Waals surface area contributed by atoms with E-state index >= 15 is 0 Å². The van der Waals surface area contributed by atoms with Gasteiger partial charge >= 0.3 is 0 Å². The minimum Gasteiger partial charge on any atom is -0.368 e. The number of nitrogens with one attached hydrogen (secondary N) is 1. The number of nitriles is 1. The van der Waals surface area contributed by atoms with Gasteiger partial charge in [-0.2, -0.15) is 5.26 Å². The largest absolute Gasteiger partial charge is 0.368 e. The minimum atomic E-state index is 0.367. The van der Waals surface area contributed by atoms with Crippen LogP contribution in [0.1, 0.15) is 11.1 Å². The average molecular weight is 259 g/mol. The molecule has 2 heterocycles. The Balaban J connectivity index is 1.97. The van der Waals surface area contributed by atoms with Crippen molar-refractivity contribution in [2.45, 2.75) is 6.42 Å². The molecule has 0 bridgehead atoms. The molecular formula is C13H11ClN4. The second-order valence-corrected chi connectivity index (χ2v) is 4.05. The Kier molecular flexibility index (Phi) is 4.11. The molecule has 2 aromatic rings. The van der Waals surface area contributed by atoms with Gasteiger partial charge in [-0.3, -0.25) is 4.98 Å². The number of nitrogens with zero attached hydrogens (tertiary/aromatic N) is 3. The number of aromatic nitrogens is 2. The van der Waals surface area contributed by atoms with Crippen LogP contribution in [0.25, 0.3) is 0 Å². The van der Waals surface area contributed by atoms with E-state index in [0.29, 0.717) is 22.9 Å². The third kappa shape index (κ3) is 2.96. The summed E-state index contributed by atoms with van der Waals surface area (Å²) in [4.78, 5) is 8.15. The zero-order valence-electron chi connectivity index (χ0n) is 9.60. The number of hydrogen-bond acceptors (Lipinski definition) is 4. The maximum Gasteiger partial charge on any atom is 0.146 e. The van der Waals surface area contributed by atoms with Crippen LogP contribution in [0.3, 0.4) is 0 Å². The highest BCUT2D eigenvalue weighted by molar-refractivity contribution is 6.34. The second-order valence-electron chi connectivity index (χ2n) is 3.67. The van der Waals surface area contributed by atoms with Crippen LogP contribution < -0.4 is 5.32 Å². The fourth-order valence-electron chi connectivity index (χ4n) is 1.52. The van der Waals surface area contributed by atoms with Crippen LogP contribution >= 0.6 is 11.6 Å². The van der Waals surface area contributed by atoms with Gasteiger partial charge < -0.3 is 5.32 Å². The predicted molar refractivity (Wildman–Crippen MR) is 70.4 cm³/mol. The van der Waals surface area contributed by atoms with E-state index in [4.69, 9.17) is 16.9 Å². The van der Waals surface area contributed by atoms with Crippen molar-refractivity contribution in [2.24, 2.45) is 0 Å². The number of halogens is 1. The quantitative estimate of drug-likeness (QED) is 0.916. The van der Waals surface area contributed by atoms with Crippen LogP contribution in [0.5, 0.6) is 0 Å². The first-order chi connectivity index (χ1) is 8.81. The normalized spacial score (nSPS) is 9.78. The fraction of sp³-hybridized carbons (Fsp3) is 0.154. The first-order valence-corrected chi connectivity index (χ1v) is 5.86. The number of hydrogen-bond donors (Lipinski definition) is 1. The molecule has 0 aromatic carbocycles. The van der Waals surface area contributed by atoms with Crippen LogP contribution in [0, 0.1) is 11.3 Å². The van der Waals surface area contributed by atoms with Crippen LogP contribution in [0.15, 0.2) is 36.8 Å². The standard InChI is InChI=1S/C13H11ClN4/c14-12-11(8-15)4-7-18-13(12)17-6-3-10-2-1-5-16-9-10/h1-2,4-5,7,9H,3,6H2,(H,17,18). The molecule has 2 aromatic heterocycles.